The molecule has 1 aliphatic heterocycles. The normalized spacial score (nSPS) is 19.1. The minimum absolute atomic E-state index is 0. The first-order chi connectivity index (χ1) is 20.2. The number of methoxy groups -OCH3 is 1. The number of nitrogens with zero attached hydrogens (tertiary/aromatic N) is 4. The number of nitriles is 1. The molecule has 2 saturated carbocycles. The van der Waals surface area contributed by atoms with Crippen LogP contribution in [0, 0.1) is 23.1 Å². The largest absolute Gasteiger partial charge is 0.494 e. The number of benzene rings is 1. The summed E-state index contributed by atoms with van der Waals surface area (Å²) in [7, 11) is -1.43. The van der Waals surface area contributed by atoms with Crippen LogP contribution < -0.4 is 15.0 Å². The topological polar surface area (TPSA) is 125 Å². The van der Waals surface area contributed by atoms with Crippen molar-refractivity contribution in [3.63, 3.8) is 0 Å². The summed E-state index contributed by atoms with van der Waals surface area (Å²) in [5.41, 5.74) is 1.78. The Kier molecular flexibility index (Phi) is 9.08. The van der Waals surface area contributed by atoms with Gasteiger partial charge in [-0.1, -0.05) is 31.4 Å². The van der Waals surface area contributed by atoms with Crippen molar-refractivity contribution in [2.45, 2.75) is 50.5 Å². The number of aromatic nitrogens is 2. The maximum Gasteiger partial charge on any atom is 0.224 e. The number of sulfone groups is 1. The van der Waals surface area contributed by atoms with Crippen LogP contribution >= 0.6 is 11.3 Å². The van der Waals surface area contributed by atoms with Crippen molar-refractivity contribution in [2.24, 2.45) is 5.92 Å². The SMILES string of the molecule is COc1cncc(F)c1-c1ncc(-c2ccc(N3CCS(=O)(=O)CC3)cc2)s1.N#CC1(NC(=O)C2CCCCC2)CC1.[HH]. The molecule has 3 fully saturated rings. The van der Waals surface area contributed by atoms with Crippen molar-refractivity contribution in [1.82, 2.24) is 15.3 Å². The van der Waals surface area contributed by atoms with Crippen LogP contribution in [0.4, 0.5) is 10.1 Å². The number of thiazole rings is 1. The number of rotatable bonds is 6. The van der Waals surface area contributed by atoms with Crippen LogP contribution in [0.5, 0.6) is 5.75 Å². The van der Waals surface area contributed by atoms with Crippen LogP contribution in [0.3, 0.4) is 0 Å². The Bertz CT molecular complexity index is 1550. The molecule has 1 saturated heterocycles. The summed E-state index contributed by atoms with van der Waals surface area (Å²) < 4.78 is 42.6. The predicted molar refractivity (Wildman–Crippen MR) is 163 cm³/mol. The minimum atomic E-state index is -2.90. The summed E-state index contributed by atoms with van der Waals surface area (Å²) >= 11 is 1.37. The molecule has 3 aromatic rings. The Hall–Kier alpha value is -3.56. The molecule has 2 aliphatic carbocycles. The number of amides is 1. The molecule has 1 N–H and O–H groups in total. The van der Waals surface area contributed by atoms with E-state index in [0.29, 0.717) is 29.4 Å². The minimum Gasteiger partial charge on any atom is -0.494 e. The van der Waals surface area contributed by atoms with Gasteiger partial charge in [-0.25, -0.2) is 17.8 Å². The van der Waals surface area contributed by atoms with Gasteiger partial charge in [0, 0.05) is 32.3 Å². The van der Waals surface area contributed by atoms with E-state index in [0.717, 1.165) is 60.8 Å². The van der Waals surface area contributed by atoms with Crippen molar-refractivity contribution < 1.29 is 23.8 Å². The smallest absolute Gasteiger partial charge is 0.224 e. The zero-order valence-corrected chi connectivity index (χ0v) is 25.1. The molecule has 12 heteroatoms. The monoisotopic (exact) mass is 613 g/mol. The van der Waals surface area contributed by atoms with Gasteiger partial charge in [0.15, 0.2) is 15.7 Å². The fourth-order valence-corrected chi connectivity index (χ4v) is 7.38. The molecule has 0 bridgehead atoms. The Morgan fingerprint density at radius 1 is 1.14 bits per heavy atom. The van der Waals surface area contributed by atoms with Gasteiger partial charge in [-0.15, -0.1) is 11.3 Å². The van der Waals surface area contributed by atoms with Crippen molar-refractivity contribution in [3.05, 3.63) is 48.7 Å². The van der Waals surface area contributed by atoms with Gasteiger partial charge in [0.25, 0.3) is 0 Å². The summed E-state index contributed by atoms with van der Waals surface area (Å²) in [6, 6.07) is 10.1. The molecule has 0 unspecified atom stereocenters. The highest BCUT2D eigenvalue weighted by atomic mass is 32.2. The van der Waals surface area contributed by atoms with Crippen LogP contribution in [-0.4, -0.2) is 61.5 Å². The van der Waals surface area contributed by atoms with Gasteiger partial charge in [-0.3, -0.25) is 9.78 Å². The third kappa shape index (κ3) is 7.07. The predicted octanol–water partition coefficient (Wildman–Crippen LogP) is 5.24. The molecule has 9 nitrogen and oxygen atoms in total. The second-order valence-electron chi connectivity index (χ2n) is 10.9. The lowest BCUT2D eigenvalue weighted by atomic mass is 9.88. The Labute approximate surface area is 251 Å². The van der Waals surface area contributed by atoms with Gasteiger partial charge in [0.2, 0.25) is 5.91 Å². The van der Waals surface area contributed by atoms with Crippen molar-refractivity contribution in [2.75, 3.05) is 36.6 Å². The highest BCUT2D eigenvalue weighted by Gasteiger charge is 2.45. The van der Waals surface area contributed by atoms with Crippen molar-refractivity contribution >= 4 is 32.8 Å². The summed E-state index contributed by atoms with van der Waals surface area (Å²) in [6.07, 6.45) is 11.6. The molecular weight excluding hydrogens is 577 g/mol. The van der Waals surface area contributed by atoms with Crippen molar-refractivity contribution in [1.29, 1.82) is 5.26 Å². The maximum atomic E-state index is 14.2. The average molecular weight is 614 g/mol. The molecule has 0 atom stereocenters. The van der Waals surface area contributed by atoms with Gasteiger partial charge in [-0.2, -0.15) is 5.26 Å². The molecule has 2 aromatic heterocycles. The third-order valence-electron chi connectivity index (χ3n) is 7.97. The van der Waals surface area contributed by atoms with E-state index in [1.165, 1.54) is 31.1 Å². The molecule has 42 heavy (non-hydrogen) atoms. The first-order valence-corrected chi connectivity index (χ1v) is 16.8. The van der Waals surface area contributed by atoms with Crippen LogP contribution in [0.2, 0.25) is 0 Å². The number of carbonyl (C=O) groups excluding carboxylic acids is 1. The van der Waals surface area contributed by atoms with E-state index < -0.39 is 21.2 Å². The molecule has 6 rings (SSSR count). The molecule has 3 aliphatic rings. The van der Waals surface area contributed by atoms with Gasteiger partial charge in [-0.05, 0) is 43.4 Å². The van der Waals surface area contributed by atoms with Gasteiger partial charge >= 0.3 is 0 Å². The number of ether oxygens (including phenoxy) is 1. The van der Waals surface area contributed by atoms with E-state index in [9.17, 15) is 17.6 Å². The van der Waals surface area contributed by atoms with Gasteiger partial charge in [0.05, 0.1) is 47.5 Å². The molecular formula is C30H36FN5O4S2. The highest BCUT2D eigenvalue weighted by Crippen LogP contribution is 2.38. The Morgan fingerprint density at radius 3 is 2.45 bits per heavy atom. The fraction of sp³-hybridized carbons (Fsp3) is 0.467. The maximum absolute atomic E-state index is 14.2. The summed E-state index contributed by atoms with van der Waals surface area (Å²) in [4.78, 5) is 22.9. The number of nitrogens with one attached hydrogen (secondary N) is 1. The lowest BCUT2D eigenvalue weighted by Gasteiger charge is -2.28. The van der Waals surface area contributed by atoms with Crippen molar-refractivity contribution in [3.8, 4) is 32.8 Å². The standard InChI is InChI=1S/C19H18FN3O3S2.C11H16N2O.H2/c1-26-16-11-21-10-15(20)18(16)19-22-12-17(27-19)13-2-4-14(5-3-13)23-6-8-28(24,25)9-7-23;12-8-11(6-7-11)13-10(14)9-4-2-1-3-5-9;/h2-5,10-12H,6-9H2,1H3;9H,1-7H2,(H,13,14);1H. The number of hydrogen-bond donors (Lipinski definition) is 1. The fourth-order valence-electron chi connectivity index (χ4n) is 5.20. The average Bonchev–Trinajstić information content (AvgIpc) is 3.61. The molecule has 3 heterocycles. The first kappa shape index (κ1) is 29.9. The zero-order chi connectivity index (χ0) is 29.7. The Morgan fingerprint density at radius 2 is 1.83 bits per heavy atom. The number of pyridine rings is 1. The van der Waals surface area contributed by atoms with Crippen LogP contribution in [0.15, 0.2) is 42.9 Å². The number of hydrogen-bond acceptors (Lipinski definition) is 9. The van der Waals surface area contributed by atoms with Crippen LogP contribution in [0.1, 0.15) is 46.4 Å². The first-order valence-electron chi connectivity index (χ1n) is 14.2. The zero-order valence-electron chi connectivity index (χ0n) is 23.5. The quantitative estimate of drug-likeness (QED) is 0.400. The third-order valence-corrected chi connectivity index (χ3v) is 10.6. The van der Waals surface area contributed by atoms with Gasteiger partial charge < -0.3 is 15.0 Å². The number of halogens is 1. The van der Waals surface area contributed by atoms with E-state index >= 15 is 0 Å². The van der Waals surface area contributed by atoms with E-state index in [1.54, 1.807) is 6.20 Å². The Balaban J connectivity index is 0.000000238. The second-order valence-corrected chi connectivity index (χ2v) is 14.3. The van der Waals surface area contributed by atoms with Crippen LogP contribution in [0.25, 0.3) is 21.0 Å². The summed E-state index contributed by atoms with van der Waals surface area (Å²) in [5, 5.41) is 12.3. The van der Waals surface area contributed by atoms with E-state index in [2.05, 4.69) is 26.3 Å². The van der Waals surface area contributed by atoms with E-state index in [1.807, 2.05) is 24.3 Å². The van der Waals surface area contributed by atoms with Gasteiger partial charge in [0.1, 0.15) is 16.3 Å². The number of carbonyl (C=O) groups is 1. The highest BCUT2D eigenvalue weighted by molar-refractivity contribution is 7.91. The molecule has 224 valence electrons. The molecule has 0 radical (unpaired) electrons. The lowest BCUT2D eigenvalue weighted by molar-refractivity contribution is -0.126. The summed E-state index contributed by atoms with van der Waals surface area (Å²) in [5.74, 6) is 0.531. The lowest BCUT2D eigenvalue weighted by Crippen LogP contribution is -2.40. The van der Waals surface area contributed by atoms with E-state index in [4.69, 9.17) is 10.00 Å². The molecule has 0 spiro atoms. The summed E-state index contributed by atoms with van der Waals surface area (Å²) in [6.45, 7) is 1.01. The molecule has 1 aromatic carbocycles. The van der Waals surface area contributed by atoms with E-state index in [-0.39, 0.29) is 24.8 Å². The van der Waals surface area contributed by atoms with Crippen LogP contribution in [-0.2, 0) is 14.6 Å². The molecule has 1 amide bonds. The second kappa shape index (κ2) is 12.8. The number of anilines is 1.